The zero-order valence-electron chi connectivity index (χ0n) is 16.2. The molecule has 1 fully saturated rings. The number of aromatic amines is 1. The zero-order chi connectivity index (χ0) is 19.4. The van der Waals surface area contributed by atoms with Crippen LogP contribution in [0.15, 0.2) is 48.9 Å². The molecule has 3 heterocycles. The number of allylic oxidation sites excluding steroid dienone is 1. The predicted molar refractivity (Wildman–Crippen MR) is 113 cm³/mol. The maximum atomic E-state index is 12.3. The number of imidazole rings is 1. The monoisotopic (exact) mass is 382 g/mol. The number of hydrogen-bond donors (Lipinski definition) is 1. The first-order chi connectivity index (χ1) is 14.3. The summed E-state index contributed by atoms with van der Waals surface area (Å²) in [4.78, 5) is 26.6. The summed E-state index contributed by atoms with van der Waals surface area (Å²) in [6.07, 6.45) is 12.1. The molecule has 5 heteroatoms. The van der Waals surface area contributed by atoms with Gasteiger partial charge in [-0.15, -0.1) is 0 Å². The average Bonchev–Trinajstić information content (AvgIpc) is 3.36. The van der Waals surface area contributed by atoms with Crippen molar-refractivity contribution in [3.05, 3.63) is 71.3 Å². The topological polar surface area (TPSA) is 61.9 Å². The average molecular weight is 382 g/mol. The van der Waals surface area contributed by atoms with Gasteiger partial charge < -0.3 is 9.88 Å². The number of nitrogens with zero attached hydrogens (tertiary/aromatic N) is 3. The summed E-state index contributed by atoms with van der Waals surface area (Å²) >= 11 is 0. The zero-order valence-corrected chi connectivity index (χ0v) is 16.2. The Labute approximate surface area is 169 Å². The Morgan fingerprint density at radius 2 is 2.03 bits per heavy atom. The van der Waals surface area contributed by atoms with E-state index in [9.17, 15) is 4.79 Å². The maximum absolute atomic E-state index is 12.3. The predicted octanol–water partition coefficient (Wildman–Crippen LogP) is 3.97. The summed E-state index contributed by atoms with van der Waals surface area (Å²) in [6, 6.07) is 8.64. The molecule has 2 aromatic heterocycles. The van der Waals surface area contributed by atoms with E-state index in [1.54, 1.807) is 6.33 Å². The molecule has 0 spiro atoms. The lowest BCUT2D eigenvalue weighted by atomic mass is 9.95. The number of carbonyl (C=O) groups is 1. The second kappa shape index (κ2) is 6.41. The maximum Gasteiger partial charge on any atom is 0.225 e. The Balaban J connectivity index is 1.29. The highest BCUT2D eigenvalue weighted by Gasteiger charge is 2.33. The van der Waals surface area contributed by atoms with Gasteiger partial charge in [0.1, 0.15) is 0 Å². The molecule has 1 N–H and O–H groups in total. The molecule has 29 heavy (non-hydrogen) atoms. The van der Waals surface area contributed by atoms with Gasteiger partial charge in [-0.25, -0.2) is 4.98 Å². The Morgan fingerprint density at radius 3 is 2.86 bits per heavy atom. The van der Waals surface area contributed by atoms with E-state index in [4.69, 9.17) is 4.98 Å². The molecule has 1 saturated carbocycles. The fraction of sp³-hybridized carbons (Fsp3) is 0.292. The molecule has 0 saturated heterocycles. The van der Waals surface area contributed by atoms with Crippen molar-refractivity contribution in [3.63, 3.8) is 0 Å². The third kappa shape index (κ3) is 2.89. The molecular formula is C24H22N4O. The van der Waals surface area contributed by atoms with Gasteiger partial charge in [-0.05, 0) is 59.7 Å². The lowest BCUT2D eigenvalue weighted by molar-refractivity contribution is -0.132. The Morgan fingerprint density at radius 1 is 1.10 bits per heavy atom. The normalized spacial score (nSPS) is 18.6. The molecule has 3 aromatic rings. The molecule has 2 aliphatic carbocycles. The molecule has 0 bridgehead atoms. The van der Waals surface area contributed by atoms with Crippen LogP contribution in [0, 0.1) is 5.92 Å². The molecule has 0 radical (unpaired) electrons. The second-order valence-corrected chi connectivity index (χ2v) is 8.21. The van der Waals surface area contributed by atoms with Gasteiger partial charge in [-0.3, -0.25) is 9.78 Å². The third-order valence-corrected chi connectivity index (χ3v) is 6.31. The molecule has 0 atom stereocenters. The van der Waals surface area contributed by atoms with E-state index >= 15 is 0 Å². The summed E-state index contributed by atoms with van der Waals surface area (Å²) < 4.78 is 0. The van der Waals surface area contributed by atoms with Gasteiger partial charge in [0.2, 0.25) is 5.91 Å². The van der Waals surface area contributed by atoms with E-state index in [2.05, 4.69) is 46.4 Å². The van der Waals surface area contributed by atoms with Crippen LogP contribution in [0.5, 0.6) is 0 Å². The van der Waals surface area contributed by atoms with Crippen LogP contribution in [0.25, 0.3) is 22.2 Å². The first kappa shape index (κ1) is 16.7. The van der Waals surface area contributed by atoms with Crippen molar-refractivity contribution in [2.45, 2.75) is 25.7 Å². The Kier molecular flexibility index (Phi) is 3.69. The van der Waals surface area contributed by atoms with Crippen molar-refractivity contribution in [2.24, 2.45) is 5.92 Å². The van der Waals surface area contributed by atoms with Gasteiger partial charge in [-0.1, -0.05) is 18.2 Å². The van der Waals surface area contributed by atoms with E-state index in [0.29, 0.717) is 11.8 Å². The van der Waals surface area contributed by atoms with Crippen LogP contribution in [0.3, 0.4) is 0 Å². The van der Waals surface area contributed by atoms with Gasteiger partial charge in [-0.2, -0.15) is 0 Å². The van der Waals surface area contributed by atoms with Crippen molar-refractivity contribution in [1.82, 2.24) is 19.9 Å². The van der Waals surface area contributed by atoms with Gasteiger partial charge in [0.25, 0.3) is 0 Å². The molecule has 1 aliphatic heterocycles. The van der Waals surface area contributed by atoms with E-state index in [0.717, 1.165) is 55.5 Å². The SMILES string of the molecule is O=C(C1CC1)N1CC=C(c2cnc3c(c2)C(c2ccc4nc[nH]c4c2)=CC3)CC1. The first-order valence-electron chi connectivity index (χ1n) is 10.4. The molecular weight excluding hydrogens is 360 g/mol. The summed E-state index contributed by atoms with van der Waals surface area (Å²) in [6.45, 7) is 1.54. The van der Waals surface area contributed by atoms with Crippen molar-refractivity contribution in [1.29, 1.82) is 0 Å². The number of aromatic nitrogens is 3. The highest BCUT2D eigenvalue weighted by Crippen LogP contribution is 2.36. The van der Waals surface area contributed by atoms with E-state index in [1.807, 2.05) is 11.1 Å². The molecule has 144 valence electrons. The Hall–Kier alpha value is -3.21. The number of benzene rings is 1. The Bertz CT molecular complexity index is 1200. The van der Waals surface area contributed by atoms with E-state index < -0.39 is 0 Å². The number of nitrogens with one attached hydrogen (secondary N) is 1. The minimum absolute atomic E-state index is 0.298. The van der Waals surface area contributed by atoms with Crippen LogP contribution in [0.2, 0.25) is 0 Å². The minimum Gasteiger partial charge on any atom is -0.345 e. The van der Waals surface area contributed by atoms with E-state index in [-0.39, 0.29) is 0 Å². The van der Waals surface area contributed by atoms with Crippen molar-refractivity contribution in [2.75, 3.05) is 13.1 Å². The summed E-state index contributed by atoms with van der Waals surface area (Å²) in [5.74, 6) is 0.637. The van der Waals surface area contributed by atoms with Gasteiger partial charge >= 0.3 is 0 Å². The molecule has 1 aromatic carbocycles. The highest BCUT2D eigenvalue weighted by molar-refractivity contribution is 5.89. The summed E-state index contributed by atoms with van der Waals surface area (Å²) in [5, 5.41) is 0. The van der Waals surface area contributed by atoms with Crippen LogP contribution >= 0.6 is 0 Å². The quantitative estimate of drug-likeness (QED) is 0.746. The van der Waals surface area contributed by atoms with Crippen LogP contribution in [-0.2, 0) is 11.2 Å². The molecule has 0 unspecified atom stereocenters. The van der Waals surface area contributed by atoms with Gasteiger partial charge in [0.15, 0.2) is 0 Å². The largest absolute Gasteiger partial charge is 0.345 e. The van der Waals surface area contributed by atoms with Crippen LogP contribution in [-0.4, -0.2) is 38.8 Å². The molecule has 1 amide bonds. The number of fused-ring (bicyclic) bond motifs is 2. The van der Waals surface area contributed by atoms with E-state index in [1.165, 1.54) is 27.8 Å². The molecule has 6 rings (SSSR count). The smallest absolute Gasteiger partial charge is 0.225 e. The molecule has 3 aliphatic rings. The second-order valence-electron chi connectivity index (χ2n) is 8.21. The number of carbonyl (C=O) groups excluding carboxylic acids is 1. The number of pyridine rings is 1. The minimum atomic E-state index is 0.298. The van der Waals surface area contributed by atoms with Crippen LogP contribution in [0.4, 0.5) is 0 Å². The number of hydrogen-bond acceptors (Lipinski definition) is 3. The number of H-pyrrole nitrogens is 1. The summed E-state index contributed by atoms with van der Waals surface area (Å²) in [7, 11) is 0. The standard InChI is InChI=1S/C24H22N4O/c29-24(16-1-2-16)28-9-7-15(8-10-28)18-11-20-19(4-6-21(20)25-13-18)17-3-5-22-23(12-17)27-14-26-22/h3-5,7,11-14,16H,1-2,6,8-10H2,(H,26,27). The number of rotatable bonds is 3. The fourth-order valence-electron chi connectivity index (χ4n) is 4.47. The fourth-order valence-corrected chi connectivity index (χ4v) is 4.47. The van der Waals surface area contributed by atoms with Gasteiger partial charge in [0, 0.05) is 37.2 Å². The van der Waals surface area contributed by atoms with Gasteiger partial charge in [0.05, 0.1) is 23.1 Å². The highest BCUT2D eigenvalue weighted by atomic mass is 16.2. The lowest BCUT2D eigenvalue weighted by Crippen LogP contribution is -2.35. The lowest BCUT2D eigenvalue weighted by Gasteiger charge is -2.27. The third-order valence-electron chi connectivity index (χ3n) is 6.31. The van der Waals surface area contributed by atoms with Crippen LogP contribution < -0.4 is 0 Å². The molecule has 5 nitrogen and oxygen atoms in total. The van der Waals surface area contributed by atoms with Crippen LogP contribution in [0.1, 0.15) is 41.6 Å². The van der Waals surface area contributed by atoms with Crippen molar-refractivity contribution >= 4 is 28.1 Å². The van der Waals surface area contributed by atoms with Crippen molar-refractivity contribution < 1.29 is 4.79 Å². The summed E-state index contributed by atoms with van der Waals surface area (Å²) in [5.41, 5.74) is 9.31. The number of amides is 1. The first-order valence-corrected chi connectivity index (χ1v) is 10.4. The van der Waals surface area contributed by atoms with Crippen molar-refractivity contribution in [3.8, 4) is 0 Å².